The molecular weight excluding hydrogens is 194 g/mol. The number of carbonyl (C=O) groups is 1. The molecule has 1 N–H and O–H groups in total. The van der Waals surface area contributed by atoms with E-state index in [9.17, 15) is 4.79 Å². The average Bonchev–Trinajstić information content (AvgIpc) is 2.81. The maximum absolute atomic E-state index is 11.4. The molecule has 0 bridgehead atoms. The Morgan fingerprint density at radius 3 is 2.93 bits per heavy atom. The number of benzene rings is 1. The van der Waals surface area contributed by atoms with Crippen LogP contribution in [-0.4, -0.2) is 25.3 Å². The summed E-state index contributed by atoms with van der Waals surface area (Å²) in [7, 11) is 0. The van der Waals surface area contributed by atoms with Crippen LogP contribution < -0.4 is 5.32 Å². The van der Waals surface area contributed by atoms with Crippen molar-refractivity contribution in [1.29, 1.82) is 0 Å². The minimum atomic E-state index is -0.589. The molecule has 1 heterocycles. The molecule has 1 atom stereocenters. The molecule has 0 aliphatic carbocycles. The number of ether oxygens (including phenoxy) is 2. The standard InChI is InChI=1S/C11H13NO3/c13-11(10-12-6-7-14-10)15-8-9-4-2-1-3-5-9/h1-5,10,12H,6-8H2. The summed E-state index contributed by atoms with van der Waals surface area (Å²) in [5.41, 5.74) is 0.976. The number of rotatable bonds is 3. The molecule has 0 aromatic heterocycles. The molecule has 1 unspecified atom stereocenters. The van der Waals surface area contributed by atoms with E-state index in [1.165, 1.54) is 0 Å². The molecule has 1 fully saturated rings. The van der Waals surface area contributed by atoms with Crippen molar-refractivity contribution >= 4 is 5.97 Å². The normalized spacial score (nSPS) is 20.1. The smallest absolute Gasteiger partial charge is 0.350 e. The van der Waals surface area contributed by atoms with Crippen molar-refractivity contribution in [3.05, 3.63) is 35.9 Å². The third-order valence-electron chi connectivity index (χ3n) is 2.15. The van der Waals surface area contributed by atoms with E-state index in [4.69, 9.17) is 9.47 Å². The topological polar surface area (TPSA) is 47.6 Å². The van der Waals surface area contributed by atoms with Gasteiger partial charge in [0.1, 0.15) is 6.61 Å². The van der Waals surface area contributed by atoms with Gasteiger partial charge in [-0.2, -0.15) is 0 Å². The van der Waals surface area contributed by atoms with Gasteiger partial charge in [0.25, 0.3) is 0 Å². The first kappa shape index (κ1) is 10.1. The Bertz CT molecular complexity index is 320. The number of hydrogen-bond donors (Lipinski definition) is 1. The molecule has 1 aliphatic rings. The Hall–Kier alpha value is -1.39. The largest absolute Gasteiger partial charge is 0.458 e. The first-order valence-corrected chi connectivity index (χ1v) is 4.92. The molecule has 0 saturated carbocycles. The third-order valence-corrected chi connectivity index (χ3v) is 2.15. The second kappa shape index (κ2) is 4.91. The summed E-state index contributed by atoms with van der Waals surface area (Å²) in [6.07, 6.45) is -0.589. The quantitative estimate of drug-likeness (QED) is 0.740. The lowest BCUT2D eigenvalue weighted by molar-refractivity contribution is -0.156. The molecular formula is C11H13NO3. The first-order chi connectivity index (χ1) is 7.36. The maximum atomic E-state index is 11.4. The van der Waals surface area contributed by atoms with Crippen LogP contribution in [0.4, 0.5) is 0 Å². The molecule has 0 spiro atoms. The van der Waals surface area contributed by atoms with Crippen LogP contribution in [0, 0.1) is 0 Å². The highest BCUT2D eigenvalue weighted by Gasteiger charge is 2.24. The minimum absolute atomic E-state index is 0.293. The highest BCUT2D eigenvalue weighted by atomic mass is 16.6. The number of hydrogen-bond acceptors (Lipinski definition) is 4. The number of carbonyl (C=O) groups excluding carboxylic acids is 1. The molecule has 1 aromatic rings. The Kier molecular flexibility index (Phi) is 3.32. The average molecular weight is 207 g/mol. The summed E-state index contributed by atoms with van der Waals surface area (Å²) in [5.74, 6) is -0.351. The van der Waals surface area contributed by atoms with Crippen molar-refractivity contribution in [2.24, 2.45) is 0 Å². The highest BCUT2D eigenvalue weighted by Crippen LogP contribution is 2.04. The van der Waals surface area contributed by atoms with Gasteiger partial charge in [0.15, 0.2) is 0 Å². The molecule has 1 aromatic carbocycles. The Balaban J connectivity index is 1.80. The van der Waals surface area contributed by atoms with E-state index in [2.05, 4.69) is 5.32 Å². The summed E-state index contributed by atoms with van der Waals surface area (Å²) in [4.78, 5) is 11.4. The fourth-order valence-electron chi connectivity index (χ4n) is 1.38. The molecule has 0 amide bonds. The molecule has 80 valence electrons. The Morgan fingerprint density at radius 2 is 2.27 bits per heavy atom. The molecule has 0 radical (unpaired) electrons. The van der Waals surface area contributed by atoms with Gasteiger partial charge in [-0.3, -0.25) is 5.32 Å². The third kappa shape index (κ3) is 2.78. The van der Waals surface area contributed by atoms with Crippen LogP contribution in [-0.2, 0) is 20.9 Å². The highest BCUT2D eigenvalue weighted by molar-refractivity contribution is 5.74. The van der Waals surface area contributed by atoms with Crippen molar-refractivity contribution in [3.63, 3.8) is 0 Å². The van der Waals surface area contributed by atoms with Crippen LogP contribution in [0.2, 0.25) is 0 Å². The van der Waals surface area contributed by atoms with Gasteiger partial charge in [-0.05, 0) is 5.56 Å². The summed E-state index contributed by atoms with van der Waals surface area (Å²) < 4.78 is 10.2. The lowest BCUT2D eigenvalue weighted by atomic mass is 10.2. The van der Waals surface area contributed by atoms with Gasteiger partial charge in [-0.1, -0.05) is 30.3 Å². The first-order valence-electron chi connectivity index (χ1n) is 4.92. The molecule has 1 aliphatic heterocycles. The maximum Gasteiger partial charge on any atom is 0.350 e. The molecule has 4 heteroatoms. The van der Waals surface area contributed by atoms with E-state index in [1.807, 2.05) is 30.3 Å². The van der Waals surface area contributed by atoms with Crippen LogP contribution >= 0.6 is 0 Å². The van der Waals surface area contributed by atoms with E-state index >= 15 is 0 Å². The summed E-state index contributed by atoms with van der Waals surface area (Å²) >= 11 is 0. The van der Waals surface area contributed by atoms with Crippen molar-refractivity contribution in [2.45, 2.75) is 12.8 Å². The monoisotopic (exact) mass is 207 g/mol. The van der Waals surface area contributed by atoms with Gasteiger partial charge < -0.3 is 9.47 Å². The van der Waals surface area contributed by atoms with E-state index < -0.39 is 6.23 Å². The van der Waals surface area contributed by atoms with Gasteiger partial charge >= 0.3 is 5.97 Å². The van der Waals surface area contributed by atoms with Gasteiger partial charge in [0.2, 0.25) is 6.23 Å². The summed E-state index contributed by atoms with van der Waals surface area (Å²) in [5, 5.41) is 2.90. The lowest BCUT2D eigenvalue weighted by Crippen LogP contribution is -2.33. The second-order valence-electron chi connectivity index (χ2n) is 3.30. The van der Waals surface area contributed by atoms with Crippen LogP contribution in [0.25, 0.3) is 0 Å². The van der Waals surface area contributed by atoms with E-state index in [0.717, 1.165) is 5.56 Å². The van der Waals surface area contributed by atoms with Gasteiger partial charge in [0.05, 0.1) is 6.61 Å². The fraction of sp³-hybridized carbons (Fsp3) is 0.364. The van der Waals surface area contributed by atoms with Crippen molar-refractivity contribution in [1.82, 2.24) is 5.32 Å². The van der Waals surface area contributed by atoms with Crippen molar-refractivity contribution in [2.75, 3.05) is 13.2 Å². The van der Waals surface area contributed by atoms with Crippen LogP contribution in [0.15, 0.2) is 30.3 Å². The minimum Gasteiger partial charge on any atom is -0.458 e. The number of esters is 1. The SMILES string of the molecule is O=C(OCc1ccccc1)C1NCCO1. The lowest BCUT2D eigenvalue weighted by Gasteiger charge is -2.09. The summed E-state index contributed by atoms with van der Waals surface area (Å²) in [6, 6.07) is 9.57. The van der Waals surface area contributed by atoms with Crippen LogP contribution in [0.3, 0.4) is 0 Å². The zero-order valence-electron chi connectivity index (χ0n) is 8.31. The van der Waals surface area contributed by atoms with Crippen LogP contribution in [0.5, 0.6) is 0 Å². The van der Waals surface area contributed by atoms with Crippen molar-refractivity contribution in [3.8, 4) is 0 Å². The van der Waals surface area contributed by atoms with E-state index in [0.29, 0.717) is 19.8 Å². The van der Waals surface area contributed by atoms with E-state index in [1.54, 1.807) is 0 Å². The fourth-order valence-corrected chi connectivity index (χ4v) is 1.38. The number of nitrogens with one attached hydrogen (secondary N) is 1. The van der Waals surface area contributed by atoms with Gasteiger partial charge in [0, 0.05) is 6.54 Å². The van der Waals surface area contributed by atoms with Gasteiger partial charge in [-0.25, -0.2) is 4.79 Å². The summed E-state index contributed by atoms with van der Waals surface area (Å²) in [6.45, 7) is 1.55. The molecule has 1 saturated heterocycles. The predicted octanol–water partition coefficient (Wildman–Crippen LogP) is 0.676. The Labute approximate surface area is 88.2 Å². The second-order valence-corrected chi connectivity index (χ2v) is 3.30. The Morgan fingerprint density at radius 1 is 1.47 bits per heavy atom. The van der Waals surface area contributed by atoms with Crippen LogP contribution in [0.1, 0.15) is 5.56 Å². The molecule has 4 nitrogen and oxygen atoms in total. The zero-order chi connectivity index (χ0) is 10.5. The zero-order valence-corrected chi connectivity index (χ0v) is 8.31. The molecule has 2 rings (SSSR count). The predicted molar refractivity (Wildman–Crippen MR) is 54.0 cm³/mol. The van der Waals surface area contributed by atoms with Crippen molar-refractivity contribution < 1.29 is 14.3 Å². The molecule has 15 heavy (non-hydrogen) atoms. The van der Waals surface area contributed by atoms with Gasteiger partial charge in [-0.15, -0.1) is 0 Å². The van der Waals surface area contributed by atoms with E-state index in [-0.39, 0.29) is 5.97 Å².